The molecule has 1 aromatic carbocycles. The first kappa shape index (κ1) is 19.7. The number of benzene rings is 1. The number of carbonyl (C=O) groups excluding carboxylic acids is 1. The molecule has 3 heterocycles. The number of carbonyl (C=O) groups is 1. The van der Waals surface area contributed by atoms with Gasteiger partial charge in [0.2, 0.25) is 5.95 Å². The number of nitrogens with one attached hydrogen (secondary N) is 1. The van der Waals surface area contributed by atoms with Crippen LogP contribution < -0.4 is 10.2 Å². The number of nitrogens with zero attached hydrogens (tertiary/aromatic N) is 4. The second-order valence-corrected chi connectivity index (χ2v) is 8.78. The van der Waals surface area contributed by atoms with Crippen LogP contribution in [0.25, 0.3) is 0 Å². The predicted molar refractivity (Wildman–Crippen MR) is 119 cm³/mol. The highest BCUT2D eigenvalue weighted by atomic mass is 35.5. The van der Waals surface area contributed by atoms with Crippen LogP contribution in [0.15, 0.2) is 42.5 Å². The number of hydrogen-bond donors (Lipinski definition) is 1. The van der Waals surface area contributed by atoms with Crippen molar-refractivity contribution in [3.8, 4) is 0 Å². The lowest BCUT2D eigenvalue weighted by Gasteiger charge is -2.35. The summed E-state index contributed by atoms with van der Waals surface area (Å²) < 4.78 is 0.636. The Morgan fingerprint density at radius 1 is 1.03 bits per heavy atom. The molecule has 8 heteroatoms. The Morgan fingerprint density at radius 3 is 2.41 bits per heavy atom. The molecule has 150 valence electrons. The molecule has 0 atom stereocenters. The summed E-state index contributed by atoms with van der Waals surface area (Å²) in [6.45, 7) is 6.78. The van der Waals surface area contributed by atoms with Gasteiger partial charge in [-0.05, 0) is 38.1 Å². The Morgan fingerprint density at radius 2 is 1.76 bits per heavy atom. The van der Waals surface area contributed by atoms with Gasteiger partial charge in [0.1, 0.15) is 5.82 Å². The third-order valence-corrected chi connectivity index (χ3v) is 6.04. The van der Waals surface area contributed by atoms with Crippen LogP contribution in [-0.2, 0) is 0 Å². The van der Waals surface area contributed by atoms with Gasteiger partial charge in [0, 0.05) is 43.6 Å². The van der Waals surface area contributed by atoms with Crippen molar-refractivity contribution in [2.45, 2.75) is 13.8 Å². The van der Waals surface area contributed by atoms with E-state index >= 15 is 0 Å². The van der Waals surface area contributed by atoms with E-state index in [1.807, 2.05) is 30.0 Å². The van der Waals surface area contributed by atoms with Gasteiger partial charge in [-0.3, -0.25) is 4.79 Å². The second-order valence-electron chi connectivity index (χ2n) is 7.07. The highest BCUT2D eigenvalue weighted by Gasteiger charge is 2.24. The van der Waals surface area contributed by atoms with E-state index in [1.165, 1.54) is 16.9 Å². The Kier molecular flexibility index (Phi) is 5.69. The van der Waals surface area contributed by atoms with Crippen LogP contribution in [0.1, 0.15) is 20.9 Å². The molecule has 1 amide bonds. The highest BCUT2D eigenvalue weighted by Crippen LogP contribution is 2.24. The van der Waals surface area contributed by atoms with Crippen LogP contribution in [0, 0.1) is 13.8 Å². The third kappa shape index (κ3) is 4.68. The average molecular weight is 428 g/mol. The lowest BCUT2D eigenvalue weighted by Crippen LogP contribution is -2.49. The first-order valence-corrected chi connectivity index (χ1v) is 10.7. The fraction of sp³-hybridized carbons (Fsp3) is 0.286. The fourth-order valence-corrected chi connectivity index (χ4v) is 4.27. The SMILES string of the molecule is Cc1ccc(Nc2nc(C)cc(N3CCN(C(=O)c4ccc(Cl)s4)CC3)n2)cc1. The molecule has 3 aromatic rings. The maximum absolute atomic E-state index is 12.6. The van der Waals surface area contributed by atoms with E-state index in [9.17, 15) is 4.79 Å². The van der Waals surface area contributed by atoms with Crippen molar-refractivity contribution < 1.29 is 4.79 Å². The van der Waals surface area contributed by atoms with E-state index in [1.54, 1.807) is 12.1 Å². The molecule has 29 heavy (non-hydrogen) atoms. The maximum atomic E-state index is 12.6. The Balaban J connectivity index is 1.43. The molecule has 1 aliphatic heterocycles. The quantitative estimate of drug-likeness (QED) is 0.663. The van der Waals surface area contributed by atoms with E-state index in [4.69, 9.17) is 16.6 Å². The van der Waals surface area contributed by atoms with Gasteiger partial charge in [0.15, 0.2) is 0 Å². The fourth-order valence-electron chi connectivity index (χ4n) is 3.26. The molecule has 1 fully saturated rings. The van der Waals surface area contributed by atoms with Gasteiger partial charge in [0.05, 0.1) is 9.21 Å². The minimum Gasteiger partial charge on any atom is -0.353 e. The molecule has 0 radical (unpaired) electrons. The lowest BCUT2D eigenvalue weighted by molar-refractivity contribution is 0.0751. The molecule has 1 aliphatic rings. The van der Waals surface area contributed by atoms with E-state index < -0.39 is 0 Å². The maximum Gasteiger partial charge on any atom is 0.264 e. The largest absolute Gasteiger partial charge is 0.353 e. The summed E-state index contributed by atoms with van der Waals surface area (Å²) in [5, 5.41) is 3.28. The number of rotatable bonds is 4. The molecule has 2 aromatic heterocycles. The van der Waals surface area contributed by atoms with Crippen molar-refractivity contribution in [1.29, 1.82) is 0 Å². The number of aryl methyl sites for hydroxylation is 2. The lowest BCUT2D eigenvalue weighted by atomic mass is 10.2. The number of piperazine rings is 1. The van der Waals surface area contributed by atoms with E-state index in [2.05, 4.69) is 34.3 Å². The molecule has 0 unspecified atom stereocenters. The van der Waals surface area contributed by atoms with Crippen molar-refractivity contribution in [3.63, 3.8) is 0 Å². The first-order chi connectivity index (χ1) is 14.0. The van der Waals surface area contributed by atoms with Crippen LogP contribution in [-0.4, -0.2) is 47.0 Å². The smallest absolute Gasteiger partial charge is 0.264 e. The Labute approximate surface area is 179 Å². The van der Waals surface area contributed by atoms with Crippen molar-refractivity contribution in [2.75, 3.05) is 36.4 Å². The zero-order chi connectivity index (χ0) is 20.4. The second kappa shape index (κ2) is 8.39. The van der Waals surface area contributed by atoms with Crippen LogP contribution in [0.3, 0.4) is 0 Å². The predicted octanol–water partition coefficient (Wildman–Crippen LogP) is 4.51. The van der Waals surface area contributed by atoms with Crippen molar-refractivity contribution in [2.24, 2.45) is 0 Å². The highest BCUT2D eigenvalue weighted by molar-refractivity contribution is 7.17. The minimum atomic E-state index is 0.0437. The number of aromatic nitrogens is 2. The van der Waals surface area contributed by atoms with Crippen molar-refractivity contribution >= 4 is 46.3 Å². The summed E-state index contributed by atoms with van der Waals surface area (Å²) in [5.74, 6) is 1.50. The number of anilines is 3. The third-order valence-electron chi connectivity index (χ3n) is 4.82. The summed E-state index contributed by atoms with van der Waals surface area (Å²) in [4.78, 5) is 26.6. The average Bonchev–Trinajstić information content (AvgIpc) is 3.15. The summed E-state index contributed by atoms with van der Waals surface area (Å²) in [6, 6.07) is 13.7. The van der Waals surface area contributed by atoms with Gasteiger partial charge in [-0.25, -0.2) is 4.98 Å². The molecule has 4 rings (SSSR count). The summed E-state index contributed by atoms with van der Waals surface area (Å²) in [6.07, 6.45) is 0. The van der Waals surface area contributed by atoms with Gasteiger partial charge in [-0.2, -0.15) is 4.98 Å². The van der Waals surface area contributed by atoms with Crippen LogP contribution in [0.2, 0.25) is 4.34 Å². The monoisotopic (exact) mass is 427 g/mol. The number of hydrogen-bond acceptors (Lipinski definition) is 6. The molecular formula is C21H22ClN5OS. The molecule has 0 saturated carbocycles. The standard InChI is InChI=1S/C21H22ClN5OS/c1-14-3-5-16(6-4-14)24-21-23-15(2)13-19(25-21)26-9-11-27(12-10-26)20(28)17-7-8-18(22)29-17/h3-8,13H,9-12H2,1-2H3,(H,23,24,25). The Hall–Kier alpha value is -2.64. The Bertz CT molecular complexity index is 1010. The van der Waals surface area contributed by atoms with Gasteiger partial charge in [-0.1, -0.05) is 29.3 Å². The van der Waals surface area contributed by atoms with Crippen molar-refractivity contribution in [1.82, 2.24) is 14.9 Å². The minimum absolute atomic E-state index is 0.0437. The zero-order valence-electron chi connectivity index (χ0n) is 16.4. The van der Waals surface area contributed by atoms with E-state index in [-0.39, 0.29) is 5.91 Å². The number of thiophene rings is 1. The van der Waals surface area contributed by atoms with Gasteiger partial charge >= 0.3 is 0 Å². The summed E-state index contributed by atoms with van der Waals surface area (Å²) in [7, 11) is 0. The molecule has 0 aliphatic carbocycles. The zero-order valence-corrected chi connectivity index (χ0v) is 17.9. The number of halogens is 1. The molecular weight excluding hydrogens is 406 g/mol. The number of amides is 1. The van der Waals surface area contributed by atoms with Gasteiger partial charge in [-0.15, -0.1) is 11.3 Å². The van der Waals surface area contributed by atoms with E-state index in [0.717, 1.165) is 30.3 Å². The van der Waals surface area contributed by atoms with Crippen LogP contribution >= 0.6 is 22.9 Å². The summed E-state index contributed by atoms with van der Waals surface area (Å²) in [5.41, 5.74) is 3.06. The normalized spacial score (nSPS) is 14.2. The van der Waals surface area contributed by atoms with Gasteiger partial charge < -0.3 is 15.1 Å². The topological polar surface area (TPSA) is 61.4 Å². The molecule has 6 nitrogen and oxygen atoms in total. The summed E-state index contributed by atoms with van der Waals surface area (Å²) >= 11 is 7.29. The van der Waals surface area contributed by atoms with E-state index in [0.29, 0.717) is 28.3 Å². The molecule has 0 bridgehead atoms. The van der Waals surface area contributed by atoms with Gasteiger partial charge in [0.25, 0.3) is 5.91 Å². The first-order valence-electron chi connectivity index (χ1n) is 9.47. The molecule has 1 N–H and O–H groups in total. The van der Waals surface area contributed by atoms with Crippen LogP contribution in [0.4, 0.5) is 17.5 Å². The van der Waals surface area contributed by atoms with Crippen LogP contribution in [0.5, 0.6) is 0 Å². The molecule has 1 saturated heterocycles. The molecule has 0 spiro atoms. The van der Waals surface area contributed by atoms with Crippen molar-refractivity contribution in [3.05, 3.63) is 62.9 Å².